The van der Waals surface area contributed by atoms with Crippen molar-refractivity contribution < 1.29 is 24.2 Å². The summed E-state index contributed by atoms with van der Waals surface area (Å²) in [7, 11) is 0. The summed E-state index contributed by atoms with van der Waals surface area (Å²) in [6.07, 6.45) is 1.77. The van der Waals surface area contributed by atoms with Crippen LogP contribution in [0.4, 0.5) is 5.82 Å². The second-order valence-electron chi connectivity index (χ2n) is 7.94. The first-order valence-corrected chi connectivity index (χ1v) is 11.4. The van der Waals surface area contributed by atoms with Crippen LogP contribution < -0.4 is 15.0 Å². The summed E-state index contributed by atoms with van der Waals surface area (Å²) >= 11 is 0. The van der Waals surface area contributed by atoms with Crippen LogP contribution in [0, 0.1) is 5.92 Å². The van der Waals surface area contributed by atoms with Gasteiger partial charge in [-0.15, -0.1) is 0 Å². The number of benzene rings is 1. The van der Waals surface area contributed by atoms with Crippen molar-refractivity contribution in [3.63, 3.8) is 0 Å². The number of pyridine rings is 1. The first-order chi connectivity index (χ1) is 16.5. The van der Waals surface area contributed by atoms with E-state index >= 15 is 0 Å². The molecule has 1 amide bonds. The summed E-state index contributed by atoms with van der Waals surface area (Å²) in [5.41, 5.74) is 0.582. The maximum absolute atomic E-state index is 13.1. The Morgan fingerprint density at radius 2 is 1.88 bits per heavy atom. The van der Waals surface area contributed by atoms with Crippen LogP contribution >= 0.6 is 0 Å². The second kappa shape index (κ2) is 10.4. The van der Waals surface area contributed by atoms with Gasteiger partial charge in [0, 0.05) is 32.4 Å². The van der Waals surface area contributed by atoms with Crippen LogP contribution in [0.5, 0.6) is 11.5 Å². The van der Waals surface area contributed by atoms with Crippen molar-refractivity contribution in [3.05, 3.63) is 48.2 Å². The van der Waals surface area contributed by atoms with Crippen LogP contribution in [0.1, 0.15) is 25.5 Å². The van der Waals surface area contributed by atoms with Crippen molar-refractivity contribution in [2.75, 3.05) is 44.3 Å². The molecule has 2 N–H and O–H groups in total. The highest BCUT2D eigenvalue weighted by molar-refractivity contribution is 6.08. The van der Waals surface area contributed by atoms with E-state index in [1.54, 1.807) is 25.3 Å². The van der Waals surface area contributed by atoms with Crippen LogP contribution in [0.25, 0.3) is 0 Å². The van der Waals surface area contributed by atoms with Gasteiger partial charge in [-0.2, -0.15) is 0 Å². The van der Waals surface area contributed by atoms with E-state index in [0.717, 1.165) is 5.82 Å². The van der Waals surface area contributed by atoms with Crippen LogP contribution in [0.15, 0.2) is 47.6 Å². The van der Waals surface area contributed by atoms with E-state index < -0.39 is 23.8 Å². The van der Waals surface area contributed by atoms with Crippen molar-refractivity contribution in [1.29, 1.82) is 0 Å². The van der Waals surface area contributed by atoms with Crippen molar-refractivity contribution in [2.45, 2.75) is 19.9 Å². The summed E-state index contributed by atoms with van der Waals surface area (Å²) < 4.78 is 10.7. The van der Waals surface area contributed by atoms with Gasteiger partial charge in [-0.1, -0.05) is 12.1 Å². The molecule has 1 fully saturated rings. The molecule has 0 bridgehead atoms. The number of aliphatic imine (C=N–C) groups is 1. The molecule has 1 aromatic carbocycles. The molecule has 1 aromatic heterocycles. The fraction of sp³-hybridized carbons (Fsp3) is 0.417. The molecular formula is C24H29N5O5. The summed E-state index contributed by atoms with van der Waals surface area (Å²) in [5.74, 6) is -0.669. The number of aromatic hydroxyl groups is 1. The molecule has 10 nitrogen and oxygen atoms in total. The lowest BCUT2D eigenvalue weighted by Crippen LogP contribution is -2.57. The van der Waals surface area contributed by atoms with Crippen LogP contribution in [-0.2, 0) is 14.3 Å². The molecule has 2 aromatic rings. The number of hydrogen-bond donors (Lipinski definition) is 2. The molecular weight excluding hydrogens is 438 g/mol. The number of phenolic OH excluding ortho intramolecular Hbond substituents is 1. The molecule has 1 saturated heterocycles. The average molecular weight is 468 g/mol. The second-order valence-corrected chi connectivity index (χ2v) is 7.94. The van der Waals surface area contributed by atoms with Crippen LogP contribution in [0.3, 0.4) is 0 Å². The lowest BCUT2D eigenvalue weighted by Gasteiger charge is -2.39. The molecule has 0 unspecified atom stereocenters. The molecule has 2 aliphatic heterocycles. The number of carbonyl (C=O) groups excluding carboxylic acids is 2. The number of guanidine groups is 1. The zero-order chi connectivity index (χ0) is 24.1. The fourth-order valence-electron chi connectivity index (χ4n) is 4.14. The summed E-state index contributed by atoms with van der Waals surface area (Å²) in [4.78, 5) is 39.1. The van der Waals surface area contributed by atoms with Crippen LogP contribution in [0.2, 0.25) is 0 Å². The van der Waals surface area contributed by atoms with Gasteiger partial charge in [0.05, 0.1) is 13.2 Å². The molecule has 180 valence electrons. The monoisotopic (exact) mass is 467 g/mol. The Hall–Kier alpha value is -3.82. The van der Waals surface area contributed by atoms with Crippen molar-refractivity contribution in [1.82, 2.24) is 15.2 Å². The standard InChI is InChI=1S/C24H29N5O5/c1-3-33-18-15-16(8-9-17(18)30)21-20(23(32)34-4-2)22(31)27-24(26-21)29-13-11-28(12-14-29)19-7-5-6-10-25-19/h5-10,15,20-21,30H,3-4,11-14H2,1-2H3,(H,26,27,31)/t20-,21+/m0/s1. The van der Waals surface area contributed by atoms with E-state index in [-0.39, 0.29) is 18.1 Å². The first kappa shape index (κ1) is 23.3. The quantitative estimate of drug-likeness (QED) is 0.487. The number of amides is 1. The Morgan fingerprint density at radius 3 is 2.56 bits per heavy atom. The molecule has 0 aliphatic carbocycles. The number of esters is 1. The van der Waals surface area contributed by atoms with E-state index in [0.29, 0.717) is 44.3 Å². The minimum absolute atomic E-state index is 0.0200. The Kier molecular flexibility index (Phi) is 7.15. The maximum Gasteiger partial charge on any atom is 0.321 e. The highest BCUT2D eigenvalue weighted by Crippen LogP contribution is 2.36. The highest BCUT2D eigenvalue weighted by Gasteiger charge is 2.42. The van der Waals surface area contributed by atoms with Gasteiger partial charge >= 0.3 is 5.97 Å². The predicted octanol–water partition coefficient (Wildman–Crippen LogP) is 1.71. The van der Waals surface area contributed by atoms with Crippen molar-refractivity contribution in [2.24, 2.45) is 10.9 Å². The van der Waals surface area contributed by atoms with E-state index in [4.69, 9.17) is 14.5 Å². The third-order valence-electron chi connectivity index (χ3n) is 5.81. The van der Waals surface area contributed by atoms with Gasteiger partial charge in [0.2, 0.25) is 11.9 Å². The molecule has 3 heterocycles. The number of nitrogens with zero attached hydrogens (tertiary/aromatic N) is 4. The number of rotatable bonds is 6. The van der Waals surface area contributed by atoms with E-state index in [1.165, 1.54) is 6.07 Å². The molecule has 0 spiro atoms. The van der Waals surface area contributed by atoms with Crippen LogP contribution in [-0.4, -0.2) is 72.2 Å². The van der Waals surface area contributed by atoms with Gasteiger partial charge < -0.3 is 24.4 Å². The van der Waals surface area contributed by atoms with Gasteiger partial charge in [0.25, 0.3) is 0 Å². The fourth-order valence-corrected chi connectivity index (χ4v) is 4.14. The normalized spacial score (nSPS) is 20.4. The molecule has 4 rings (SSSR count). The van der Waals surface area contributed by atoms with Gasteiger partial charge in [-0.05, 0) is 43.7 Å². The molecule has 0 radical (unpaired) electrons. The number of piperazine rings is 1. The summed E-state index contributed by atoms with van der Waals surface area (Å²) in [5, 5.41) is 12.9. The number of phenols is 1. The number of anilines is 1. The Bertz CT molecular complexity index is 1050. The Morgan fingerprint density at radius 1 is 1.12 bits per heavy atom. The van der Waals surface area contributed by atoms with E-state index in [2.05, 4.69) is 15.2 Å². The molecule has 10 heteroatoms. The van der Waals surface area contributed by atoms with E-state index in [1.807, 2.05) is 30.0 Å². The first-order valence-electron chi connectivity index (χ1n) is 11.4. The molecule has 0 saturated carbocycles. The number of ether oxygens (including phenoxy) is 2. The number of hydrogen-bond acceptors (Lipinski definition) is 9. The topological polar surface area (TPSA) is 117 Å². The minimum atomic E-state index is -1.14. The third kappa shape index (κ3) is 4.90. The van der Waals surface area contributed by atoms with Gasteiger partial charge in [-0.3, -0.25) is 14.9 Å². The maximum atomic E-state index is 13.1. The minimum Gasteiger partial charge on any atom is -0.504 e. The third-order valence-corrected chi connectivity index (χ3v) is 5.81. The molecule has 34 heavy (non-hydrogen) atoms. The SMILES string of the molecule is CCOC(=O)[C@@H]1C(=O)NC(N2CCN(c3ccccn3)CC2)=N[C@@H]1c1ccc(O)c(OCC)c1. The zero-order valence-corrected chi connectivity index (χ0v) is 19.3. The van der Waals surface area contributed by atoms with Crippen molar-refractivity contribution >= 4 is 23.7 Å². The average Bonchev–Trinajstić information content (AvgIpc) is 2.86. The molecule has 2 aliphatic rings. The summed E-state index contributed by atoms with van der Waals surface area (Å²) in [6.45, 7) is 6.70. The smallest absolute Gasteiger partial charge is 0.321 e. The van der Waals surface area contributed by atoms with Crippen molar-refractivity contribution in [3.8, 4) is 11.5 Å². The zero-order valence-electron chi connectivity index (χ0n) is 19.3. The van der Waals surface area contributed by atoms with Gasteiger partial charge in [-0.25, -0.2) is 9.98 Å². The predicted molar refractivity (Wildman–Crippen MR) is 126 cm³/mol. The van der Waals surface area contributed by atoms with Gasteiger partial charge in [0.1, 0.15) is 11.9 Å². The molecule has 2 atom stereocenters. The van der Waals surface area contributed by atoms with E-state index in [9.17, 15) is 14.7 Å². The van der Waals surface area contributed by atoms with Gasteiger partial charge in [0.15, 0.2) is 17.4 Å². The Balaban J connectivity index is 1.61. The summed E-state index contributed by atoms with van der Waals surface area (Å²) in [6, 6.07) is 9.74. The lowest BCUT2D eigenvalue weighted by atomic mass is 9.91. The number of nitrogens with one attached hydrogen (secondary N) is 1. The lowest BCUT2D eigenvalue weighted by molar-refractivity contribution is -0.153. The highest BCUT2D eigenvalue weighted by atomic mass is 16.5. The largest absolute Gasteiger partial charge is 0.504 e. The number of aromatic nitrogens is 1. The number of carbonyl (C=O) groups is 2. The Labute approximate surface area is 198 Å².